The van der Waals surface area contributed by atoms with Gasteiger partial charge in [-0.1, -0.05) is 6.07 Å². The number of amides is 2. The van der Waals surface area contributed by atoms with E-state index in [1.165, 1.54) is 17.9 Å². The van der Waals surface area contributed by atoms with Gasteiger partial charge in [-0.15, -0.1) is 0 Å². The summed E-state index contributed by atoms with van der Waals surface area (Å²) in [7, 11) is 0. The van der Waals surface area contributed by atoms with E-state index in [0.717, 1.165) is 21.9 Å². The number of ketones is 1. The number of hydrogen-bond donors (Lipinski definition) is 1. The Morgan fingerprint density at radius 1 is 1.20 bits per heavy atom. The number of Topliss-reactive ketones (excluding diaryl/α,β-unsaturated/α-hetero) is 1. The van der Waals surface area contributed by atoms with Crippen LogP contribution in [0.1, 0.15) is 39.8 Å². The average Bonchev–Trinajstić information content (AvgIpc) is 2.82. The van der Waals surface area contributed by atoms with Crippen molar-refractivity contribution in [1.82, 2.24) is 9.58 Å². The number of nitrogens with zero attached hydrogens (tertiary/aromatic N) is 3. The summed E-state index contributed by atoms with van der Waals surface area (Å²) in [5.74, 6) is -4.55. The van der Waals surface area contributed by atoms with Crippen LogP contribution < -0.4 is 10.4 Å². The maximum Gasteiger partial charge on any atom is 0.278 e. The van der Waals surface area contributed by atoms with Gasteiger partial charge in [-0.3, -0.25) is 19.2 Å². The normalized spacial score (nSPS) is 17.9. The molecule has 186 valence electrons. The molecule has 1 aromatic heterocycles. The Hall–Kier alpha value is -3.64. The van der Waals surface area contributed by atoms with Gasteiger partial charge >= 0.3 is 0 Å². The zero-order chi connectivity index (χ0) is 25.3. The molecule has 0 bridgehead atoms. The number of fused-ring (bicyclic) bond motifs is 1. The number of rotatable bonds is 6. The molecule has 2 aliphatic heterocycles. The van der Waals surface area contributed by atoms with Crippen molar-refractivity contribution in [1.29, 1.82) is 0 Å². The summed E-state index contributed by atoms with van der Waals surface area (Å²) >= 11 is 0. The number of hydrogen-bond acceptors (Lipinski definition) is 7. The summed E-state index contributed by atoms with van der Waals surface area (Å²) in [6, 6.07) is 2.93. The molecule has 12 heteroatoms. The lowest BCUT2D eigenvalue weighted by molar-refractivity contribution is -0.119. The van der Waals surface area contributed by atoms with Gasteiger partial charge in [-0.05, 0) is 18.1 Å². The molecule has 1 saturated heterocycles. The molecule has 35 heavy (non-hydrogen) atoms. The summed E-state index contributed by atoms with van der Waals surface area (Å²) < 4.78 is 38.9. The zero-order valence-electron chi connectivity index (χ0n) is 18.8. The Bertz CT molecular complexity index is 1240. The van der Waals surface area contributed by atoms with E-state index in [4.69, 9.17) is 9.47 Å². The average molecular weight is 491 g/mol. The number of aryl methyl sites for hydroxylation is 1. The second-order valence-corrected chi connectivity index (χ2v) is 8.23. The first kappa shape index (κ1) is 24.5. The lowest BCUT2D eigenvalue weighted by atomic mass is 10.0. The number of benzene rings is 1. The van der Waals surface area contributed by atoms with Crippen LogP contribution in [0, 0.1) is 11.6 Å². The number of aromatic hydroxyl groups is 1. The molecule has 0 spiro atoms. The number of aromatic nitrogens is 1. The highest BCUT2D eigenvalue weighted by atomic mass is 19.1. The quantitative estimate of drug-likeness (QED) is 0.598. The second kappa shape index (κ2) is 9.92. The monoisotopic (exact) mass is 491 g/mol. The van der Waals surface area contributed by atoms with Crippen LogP contribution in [0.5, 0.6) is 5.75 Å². The fourth-order valence-electron chi connectivity index (χ4n) is 4.01. The molecule has 0 aliphatic carbocycles. The topological polar surface area (TPSA) is 118 Å². The van der Waals surface area contributed by atoms with Gasteiger partial charge in [-0.2, -0.15) is 0 Å². The van der Waals surface area contributed by atoms with Gasteiger partial charge in [0.2, 0.25) is 11.3 Å². The molecule has 1 unspecified atom stereocenters. The lowest BCUT2D eigenvalue weighted by Gasteiger charge is -2.39. The molecule has 1 aromatic carbocycles. The molecule has 1 N–H and O–H groups in total. The molecule has 1 atom stereocenters. The number of halogens is 2. The van der Waals surface area contributed by atoms with Crippen LogP contribution in [0.15, 0.2) is 29.2 Å². The Labute approximate surface area is 198 Å². The summed E-state index contributed by atoms with van der Waals surface area (Å²) in [4.78, 5) is 52.3. The zero-order valence-corrected chi connectivity index (χ0v) is 18.8. The summed E-state index contributed by atoms with van der Waals surface area (Å²) in [6.07, 6.45) is 0.127. The Morgan fingerprint density at radius 3 is 2.63 bits per heavy atom. The summed E-state index contributed by atoms with van der Waals surface area (Å²) in [5, 5.41) is 11.7. The molecule has 2 aromatic rings. The van der Waals surface area contributed by atoms with E-state index in [0.29, 0.717) is 19.3 Å². The van der Waals surface area contributed by atoms with Gasteiger partial charge < -0.3 is 19.5 Å². The third-order valence-corrected chi connectivity index (χ3v) is 5.83. The largest absolute Gasteiger partial charge is 0.502 e. The predicted octanol–water partition coefficient (Wildman–Crippen LogP) is 0.961. The van der Waals surface area contributed by atoms with Gasteiger partial charge in [0.15, 0.2) is 17.2 Å². The first-order chi connectivity index (χ1) is 16.7. The first-order valence-electron chi connectivity index (χ1n) is 10.9. The fourth-order valence-corrected chi connectivity index (χ4v) is 4.01. The number of carbonyl (C=O) groups excluding carboxylic acids is 3. The van der Waals surface area contributed by atoms with Crippen LogP contribution >= 0.6 is 0 Å². The molecule has 1 fully saturated rings. The molecule has 2 amide bonds. The molecule has 2 aliphatic rings. The fraction of sp³-hybridized carbons (Fsp3) is 0.391. The van der Waals surface area contributed by atoms with E-state index >= 15 is 0 Å². The molecule has 4 rings (SSSR count). The van der Waals surface area contributed by atoms with Crippen molar-refractivity contribution >= 4 is 17.6 Å². The smallest absolute Gasteiger partial charge is 0.278 e. The maximum atomic E-state index is 13.9. The van der Waals surface area contributed by atoms with E-state index in [2.05, 4.69) is 0 Å². The van der Waals surface area contributed by atoms with Gasteiger partial charge in [0.1, 0.15) is 18.3 Å². The number of pyridine rings is 1. The van der Waals surface area contributed by atoms with E-state index in [-0.39, 0.29) is 38.2 Å². The van der Waals surface area contributed by atoms with Gasteiger partial charge in [0, 0.05) is 25.6 Å². The number of carbonyl (C=O) groups is 3. The Morgan fingerprint density at radius 2 is 1.97 bits per heavy atom. The van der Waals surface area contributed by atoms with Crippen LogP contribution in [0.2, 0.25) is 0 Å². The van der Waals surface area contributed by atoms with E-state index in [1.54, 1.807) is 0 Å². The molecule has 0 saturated carbocycles. The lowest BCUT2D eigenvalue weighted by Crippen LogP contribution is -2.58. The van der Waals surface area contributed by atoms with E-state index in [9.17, 15) is 33.1 Å². The van der Waals surface area contributed by atoms with Crippen LogP contribution in [-0.2, 0) is 20.7 Å². The minimum atomic E-state index is -1.09. The second-order valence-electron chi connectivity index (χ2n) is 8.23. The molecular formula is C23H23F2N3O7. The van der Waals surface area contributed by atoms with Gasteiger partial charge in [0.25, 0.3) is 5.91 Å². The maximum absolute atomic E-state index is 13.9. The van der Waals surface area contributed by atoms with Crippen molar-refractivity contribution in [3.05, 3.63) is 63.1 Å². The SMILES string of the molecule is CC(=O)N1CN(CC2COCCO2)C(=O)c2c(O)c(=O)c(C(=O)CCc3ccc(F)cc3F)cn21. The van der Waals surface area contributed by atoms with Crippen molar-refractivity contribution in [2.75, 3.05) is 38.0 Å². The standard InChI is InChI=1S/C23H23F2N3O7/c1-13(29)28-12-26(9-16-11-34-6-7-35-16)23(33)20-22(32)21(31)17(10-27(20)28)19(30)5-3-14-2-4-15(24)8-18(14)25/h2,4,8,10,16,32H,3,5-7,9,11-12H2,1H3. The minimum Gasteiger partial charge on any atom is -0.502 e. The number of ether oxygens (including phenoxy) is 2. The van der Waals surface area contributed by atoms with Crippen molar-refractivity contribution in [3.8, 4) is 5.75 Å². The van der Waals surface area contributed by atoms with Crippen molar-refractivity contribution < 1.29 is 37.7 Å². The van der Waals surface area contributed by atoms with E-state index < -0.39 is 57.8 Å². The predicted molar refractivity (Wildman–Crippen MR) is 117 cm³/mol. The van der Waals surface area contributed by atoms with Crippen molar-refractivity contribution in [2.45, 2.75) is 25.9 Å². The van der Waals surface area contributed by atoms with Crippen LogP contribution in [0.4, 0.5) is 8.78 Å². The minimum absolute atomic E-state index is 0.0557. The third-order valence-electron chi connectivity index (χ3n) is 5.83. The highest BCUT2D eigenvalue weighted by Gasteiger charge is 2.37. The van der Waals surface area contributed by atoms with Gasteiger partial charge in [0.05, 0.1) is 38.0 Å². The molecule has 0 radical (unpaired) electrons. The van der Waals surface area contributed by atoms with Crippen LogP contribution in [-0.4, -0.2) is 71.4 Å². The summed E-state index contributed by atoms with van der Waals surface area (Å²) in [6.45, 7) is 2.08. The highest BCUT2D eigenvalue weighted by Crippen LogP contribution is 2.23. The van der Waals surface area contributed by atoms with Crippen molar-refractivity contribution in [3.63, 3.8) is 0 Å². The van der Waals surface area contributed by atoms with Gasteiger partial charge in [-0.25, -0.2) is 18.5 Å². The highest BCUT2D eigenvalue weighted by molar-refractivity contribution is 6.01. The molecule has 3 heterocycles. The Kier molecular flexibility index (Phi) is 6.94. The van der Waals surface area contributed by atoms with E-state index in [1.807, 2.05) is 0 Å². The van der Waals surface area contributed by atoms with Crippen LogP contribution in [0.25, 0.3) is 0 Å². The van der Waals surface area contributed by atoms with Crippen molar-refractivity contribution in [2.24, 2.45) is 0 Å². The summed E-state index contributed by atoms with van der Waals surface area (Å²) in [5.41, 5.74) is -1.94. The Balaban J connectivity index is 1.63. The molecular weight excluding hydrogens is 468 g/mol. The van der Waals surface area contributed by atoms with Crippen LogP contribution in [0.3, 0.4) is 0 Å². The third kappa shape index (κ3) is 4.93. The molecule has 10 nitrogen and oxygen atoms in total. The first-order valence-corrected chi connectivity index (χ1v) is 10.9.